The van der Waals surface area contributed by atoms with E-state index in [9.17, 15) is 4.79 Å². The van der Waals surface area contributed by atoms with Crippen LogP contribution in [-0.2, 0) is 4.79 Å². The van der Waals surface area contributed by atoms with E-state index in [1.807, 2.05) is 18.2 Å². The smallest absolute Gasteiger partial charge is 0.226 e. The summed E-state index contributed by atoms with van der Waals surface area (Å²) in [6.07, 6.45) is 11.1. The molecular weight excluding hydrogens is 236 g/mol. The van der Waals surface area contributed by atoms with E-state index in [4.69, 9.17) is 12.2 Å². The Morgan fingerprint density at radius 3 is 2.79 bits per heavy atom. The van der Waals surface area contributed by atoms with Crippen molar-refractivity contribution in [2.24, 2.45) is 5.73 Å². The van der Waals surface area contributed by atoms with Gasteiger partial charge in [-0.2, -0.15) is 0 Å². The molecule has 0 aliphatic heterocycles. The van der Waals surface area contributed by atoms with E-state index >= 15 is 0 Å². The lowest BCUT2D eigenvalue weighted by Gasteiger charge is -2.32. The summed E-state index contributed by atoms with van der Waals surface area (Å²) in [5.74, 6) is 2.52. The second-order valence-electron chi connectivity index (χ2n) is 5.37. The van der Waals surface area contributed by atoms with Gasteiger partial charge < -0.3 is 11.1 Å². The highest BCUT2D eigenvalue weighted by Gasteiger charge is 2.29. The summed E-state index contributed by atoms with van der Waals surface area (Å²) in [4.78, 5) is 12.0. The number of benzene rings is 1. The van der Waals surface area contributed by atoms with Crippen molar-refractivity contribution >= 4 is 11.6 Å². The Morgan fingerprint density at radius 2 is 2.11 bits per heavy atom. The number of carbonyl (C=O) groups is 1. The number of anilines is 1. The minimum Gasteiger partial charge on any atom is -0.326 e. The summed E-state index contributed by atoms with van der Waals surface area (Å²) < 4.78 is 0. The Hall–Kier alpha value is -1.79. The van der Waals surface area contributed by atoms with Crippen LogP contribution in [0.4, 0.5) is 5.69 Å². The number of rotatable bonds is 3. The Bertz CT molecular complexity index is 496. The molecule has 3 N–H and O–H groups in total. The van der Waals surface area contributed by atoms with E-state index < -0.39 is 0 Å². The van der Waals surface area contributed by atoms with Gasteiger partial charge in [0.05, 0.1) is 0 Å². The fourth-order valence-corrected chi connectivity index (χ4v) is 2.64. The van der Waals surface area contributed by atoms with Crippen molar-refractivity contribution in [1.29, 1.82) is 0 Å². The molecule has 1 aromatic carbocycles. The molecule has 0 atom stereocenters. The largest absolute Gasteiger partial charge is 0.326 e. The summed E-state index contributed by atoms with van der Waals surface area (Å²) >= 11 is 0. The van der Waals surface area contributed by atoms with Crippen LogP contribution in [-0.4, -0.2) is 11.4 Å². The van der Waals surface area contributed by atoms with Crippen LogP contribution in [0.15, 0.2) is 24.3 Å². The Labute approximate surface area is 114 Å². The van der Waals surface area contributed by atoms with E-state index in [0.717, 1.165) is 36.9 Å². The van der Waals surface area contributed by atoms with Gasteiger partial charge in [-0.3, -0.25) is 4.79 Å². The zero-order chi connectivity index (χ0) is 13.7. The number of terminal acetylenes is 1. The number of nitrogens with two attached hydrogens (primary N) is 1. The molecular formula is C16H20N2O. The van der Waals surface area contributed by atoms with Crippen LogP contribution in [0, 0.1) is 12.3 Å². The van der Waals surface area contributed by atoms with Crippen molar-refractivity contribution in [3.8, 4) is 12.3 Å². The summed E-state index contributed by atoms with van der Waals surface area (Å²) in [5, 5.41) is 2.87. The molecule has 3 heteroatoms. The highest BCUT2D eigenvalue weighted by atomic mass is 16.1. The van der Waals surface area contributed by atoms with E-state index in [-0.39, 0.29) is 11.4 Å². The maximum atomic E-state index is 12.0. The zero-order valence-corrected chi connectivity index (χ0v) is 11.1. The van der Waals surface area contributed by atoms with Crippen molar-refractivity contribution in [2.45, 2.75) is 44.1 Å². The first-order valence-electron chi connectivity index (χ1n) is 6.77. The van der Waals surface area contributed by atoms with E-state index in [2.05, 4.69) is 11.2 Å². The second-order valence-corrected chi connectivity index (χ2v) is 5.37. The van der Waals surface area contributed by atoms with E-state index in [0.29, 0.717) is 6.42 Å². The average molecular weight is 256 g/mol. The van der Waals surface area contributed by atoms with Gasteiger partial charge in [-0.15, -0.1) is 6.42 Å². The van der Waals surface area contributed by atoms with Crippen LogP contribution in [0.2, 0.25) is 0 Å². The van der Waals surface area contributed by atoms with Gasteiger partial charge in [0, 0.05) is 23.2 Å². The van der Waals surface area contributed by atoms with Crippen LogP contribution < -0.4 is 11.1 Å². The number of amides is 1. The molecule has 0 unspecified atom stereocenters. The third-order valence-electron chi connectivity index (χ3n) is 3.67. The normalized spacial score (nSPS) is 17.5. The highest BCUT2D eigenvalue weighted by molar-refractivity contribution is 5.91. The Morgan fingerprint density at radius 1 is 1.37 bits per heavy atom. The Balaban J connectivity index is 1.95. The summed E-state index contributed by atoms with van der Waals surface area (Å²) in [6.45, 7) is 0. The molecule has 1 aliphatic carbocycles. The third-order valence-corrected chi connectivity index (χ3v) is 3.67. The monoisotopic (exact) mass is 256 g/mol. The van der Waals surface area contributed by atoms with Gasteiger partial charge in [-0.25, -0.2) is 0 Å². The third kappa shape index (κ3) is 3.84. The lowest BCUT2D eigenvalue weighted by Crippen LogP contribution is -2.44. The van der Waals surface area contributed by atoms with Crippen LogP contribution >= 0.6 is 0 Å². The molecule has 1 saturated carbocycles. The number of carbonyl (C=O) groups excluding carboxylic acids is 1. The van der Waals surface area contributed by atoms with Crippen molar-refractivity contribution in [3.63, 3.8) is 0 Å². The van der Waals surface area contributed by atoms with Gasteiger partial charge in [0.15, 0.2) is 0 Å². The fraction of sp³-hybridized carbons (Fsp3) is 0.438. The molecule has 19 heavy (non-hydrogen) atoms. The zero-order valence-electron chi connectivity index (χ0n) is 11.1. The molecule has 0 spiro atoms. The van der Waals surface area contributed by atoms with Gasteiger partial charge in [-0.1, -0.05) is 31.2 Å². The minimum absolute atomic E-state index is 0.0291. The van der Waals surface area contributed by atoms with E-state index in [1.54, 1.807) is 6.07 Å². The second kappa shape index (κ2) is 5.90. The first-order valence-corrected chi connectivity index (χ1v) is 6.77. The summed E-state index contributed by atoms with van der Waals surface area (Å²) in [7, 11) is 0. The average Bonchev–Trinajstić information content (AvgIpc) is 2.39. The quantitative estimate of drug-likeness (QED) is 0.817. The van der Waals surface area contributed by atoms with Gasteiger partial charge in [0.1, 0.15) is 0 Å². The summed E-state index contributed by atoms with van der Waals surface area (Å²) in [6, 6.07) is 7.30. The van der Waals surface area contributed by atoms with E-state index in [1.165, 1.54) is 6.42 Å². The molecule has 2 rings (SSSR count). The molecule has 1 aromatic rings. The number of hydrogen-bond donors (Lipinski definition) is 2. The van der Waals surface area contributed by atoms with Crippen LogP contribution in [0.5, 0.6) is 0 Å². The Kier molecular flexibility index (Phi) is 4.24. The lowest BCUT2D eigenvalue weighted by molar-refractivity contribution is -0.117. The highest BCUT2D eigenvalue weighted by Crippen LogP contribution is 2.28. The topological polar surface area (TPSA) is 55.1 Å². The standard InChI is InChI=1S/C16H20N2O/c1-2-13-7-6-8-14(11-13)18-15(19)12-16(17)9-4-3-5-10-16/h1,6-8,11H,3-5,9-10,12,17H2,(H,18,19). The molecule has 0 saturated heterocycles. The molecule has 1 fully saturated rings. The van der Waals surface area contributed by atoms with Crippen LogP contribution in [0.1, 0.15) is 44.1 Å². The predicted molar refractivity (Wildman–Crippen MR) is 77.6 cm³/mol. The molecule has 0 aromatic heterocycles. The fourth-order valence-electron chi connectivity index (χ4n) is 2.64. The maximum Gasteiger partial charge on any atom is 0.226 e. The molecule has 1 aliphatic rings. The molecule has 0 bridgehead atoms. The molecule has 0 heterocycles. The van der Waals surface area contributed by atoms with Gasteiger partial charge in [-0.05, 0) is 31.0 Å². The molecule has 1 amide bonds. The maximum absolute atomic E-state index is 12.0. The summed E-state index contributed by atoms with van der Waals surface area (Å²) in [5.41, 5.74) is 7.45. The minimum atomic E-state index is -0.327. The van der Waals surface area contributed by atoms with Gasteiger partial charge in [0.25, 0.3) is 0 Å². The number of nitrogens with one attached hydrogen (secondary N) is 1. The van der Waals surface area contributed by atoms with Crippen LogP contribution in [0.25, 0.3) is 0 Å². The number of hydrogen-bond acceptors (Lipinski definition) is 2. The lowest BCUT2D eigenvalue weighted by atomic mass is 9.80. The first kappa shape index (κ1) is 13.6. The molecule has 100 valence electrons. The van der Waals surface area contributed by atoms with Gasteiger partial charge >= 0.3 is 0 Å². The van der Waals surface area contributed by atoms with Crippen molar-refractivity contribution in [1.82, 2.24) is 0 Å². The molecule has 0 radical (unpaired) electrons. The van der Waals surface area contributed by atoms with Crippen molar-refractivity contribution in [3.05, 3.63) is 29.8 Å². The first-order chi connectivity index (χ1) is 9.11. The van der Waals surface area contributed by atoms with Gasteiger partial charge in [0.2, 0.25) is 5.91 Å². The van der Waals surface area contributed by atoms with Crippen molar-refractivity contribution in [2.75, 3.05) is 5.32 Å². The van der Waals surface area contributed by atoms with Crippen molar-refractivity contribution < 1.29 is 4.79 Å². The SMILES string of the molecule is C#Cc1cccc(NC(=O)CC2(N)CCCCC2)c1. The molecule has 3 nitrogen and oxygen atoms in total. The predicted octanol–water partition coefficient (Wildman–Crippen LogP) is 2.66. The van der Waals surface area contributed by atoms with Crippen LogP contribution in [0.3, 0.4) is 0 Å².